The molecule has 290 valence electrons. The summed E-state index contributed by atoms with van der Waals surface area (Å²) < 4.78 is 0. The molecule has 0 fully saturated rings. The second-order valence-corrected chi connectivity index (χ2v) is 15.1. The van der Waals surface area contributed by atoms with Crippen LogP contribution in [0.5, 0.6) is 0 Å². The predicted octanol–water partition coefficient (Wildman–Crippen LogP) is 13.7. The first-order chi connectivity index (χ1) is 30.7. The molecule has 62 heavy (non-hydrogen) atoms. The van der Waals surface area contributed by atoms with Crippen LogP contribution < -0.4 is 0 Å². The van der Waals surface area contributed by atoms with E-state index in [-0.39, 0.29) is 0 Å². The molecule has 0 atom stereocenters. The number of nitrogens with zero attached hydrogens (tertiary/aromatic N) is 6. The maximum absolute atomic E-state index is 4.98. The van der Waals surface area contributed by atoms with Crippen molar-refractivity contribution >= 4 is 21.5 Å². The first-order valence-corrected chi connectivity index (χ1v) is 20.6. The molecule has 11 rings (SSSR count). The Bertz CT molecular complexity index is 2960. The van der Waals surface area contributed by atoms with Crippen LogP contribution in [0.25, 0.3) is 112 Å². The number of fused-ring (bicyclic) bond motifs is 2. The molecule has 0 spiro atoms. The summed E-state index contributed by atoms with van der Waals surface area (Å²) in [7, 11) is 0. The lowest BCUT2D eigenvalue weighted by atomic mass is 9.85. The molecule has 0 unspecified atom stereocenters. The maximum Gasteiger partial charge on any atom is 0.164 e. The van der Waals surface area contributed by atoms with Crippen molar-refractivity contribution in [3.05, 3.63) is 219 Å². The SMILES string of the molecule is c1ccc(-c2nc(-c3ccccc3)nc(-c3ccc(-c4c5ccccc5c(-c5ccc(-c6cc(-c7ccccn7)nc(-c7ccccn7)c6)cc5)c5ccccc45)cc3)n2)cc1. The van der Waals surface area contributed by atoms with Gasteiger partial charge in [-0.2, -0.15) is 0 Å². The van der Waals surface area contributed by atoms with Crippen LogP contribution in [0, 0.1) is 0 Å². The number of hydrogen-bond donors (Lipinski definition) is 0. The van der Waals surface area contributed by atoms with Gasteiger partial charge in [-0.1, -0.05) is 170 Å². The molecule has 0 N–H and O–H groups in total. The van der Waals surface area contributed by atoms with Gasteiger partial charge in [0.05, 0.1) is 22.8 Å². The molecule has 6 heteroatoms. The monoisotopic (exact) mass is 792 g/mol. The first kappa shape index (κ1) is 36.6. The fourth-order valence-corrected chi connectivity index (χ4v) is 8.29. The van der Waals surface area contributed by atoms with E-state index in [1.807, 2.05) is 97.1 Å². The highest BCUT2D eigenvalue weighted by atomic mass is 15.0. The number of aromatic nitrogens is 6. The van der Waals surface area contributed by atoms with E-state index in [9.17, 15) is 0 Å². The average Bonchev–Trinajstić information content (AvgIpc) is 3.36. The summed E-state index contributed by atoms with van der Waals surface area (Å²) >= 11 is 0. The van der Waals surface area contributed by atoms with E-state index in [1.165, 1.54) is 32.7 Å². The van der Waals surface area contributed by atoms with Crippen LogP contribution in [0.15, 0.2) is 219 Å². The quantitative estimate of drug-likeness (QED) is 0.143. The van der Waals surface area contributed by atoms with Crippen molar-refractivity contribution < 1.29 is 0 Å². The van der Waals surface area contributed by atoms with E-state index < -0.39 is 0 Å². The Morgan fingerprint density at radius 2 is 0.565 bits per heavy atom. The van der Waals surface area contributed by atoms with E-state index in [0.29, 0.717) is 17.5 Å². The van der Waals surface area contributed by atoms with Crippen molar-refractivity contribution in [1.82, 2.24) is 29.9 Å². The Morgan fingerprint density at radius 1 is 0.226 bits per heavy atom. The molecule has 0 saturated heterocycles. The van der Waals surface area contributed by atoms with Crippen LogP contribution in [0.4, 0.5) is 0 Å². The third kappa shape index (κ3) is 6.95. The zero-order chi connectivity index (χ0) is 41.2. The summed E-state index contributed by atoms with van der Waals surface area (Å²) in [5.74, 6) is 1.91. The number of hydrogen-bond acceptors (Lipinski definition) is 6. The van der Waals surface area contributed by atoms with Crippen molar-refractivity contribution in [2.45, 2.75) is 0 Å². The Kier molecular flexibility index (Phi) is 9.41. The Hall–Kier alpha value is -8.48. The van der Waals surface area contributed by atoms with Crippen LogP contribution in [0.1, 0.15) is 0 Å². The standard InChI is InChI=1S/C56H36N6/c1-3-15-40(16-4-1)54-60-55(41-17-5-2-6-18-41)62-56(61-54)42-31-29-39(30-32-42)53-46-21-9-7-19-44(46)52(45-20-8-10-22-47(45)53)38-27-25-37(26-28-38)43-35-50(48-23-11-13-33-57-48)59-51(36-43)49-24-12-14-34-58-49/h1-36H. The Balaban J connectivity index is 0.999. The molecule has 6 nitrogen and oxygen atoms in total. The van der Waals surface area contributed by atoms with Gasteiger partial charge in [-0.15, -0.1) is 0 Å². The second-order valence-electron chi connectivity index (χ2n) is 15.1. The minimum atomic E-state index is 0.630. The lowest BCUT2D eigenvalue weighted by Crippen LogP contribution is -2.00. The molecule has 4 aromatic heterocycles. The van der Waals surface area contributed by atoms with E-state index >= 15 is 0 Å². The topological polar surface area (TPSA) is 77.3 Å². The Morgan fingerprint density at radius 3 is 0.952 bits per heavy atom. The van der Waals surface area contributed by atoms with Gasteiger partial charge in [0.25, 0.3) is 0 Å². The molecule has 0 bridgehead atoms. The van der Waals surface area contributed by atoms with E-state index in [4.69, 9.17) is 19.9 Å². The zero-order valence-electron chi connectivity index (χ0n) is 33.5. The third-order valence-corrected chi connectivity index (χ3v) is 11.2. The molecule has 0 aliphatic heterocycles. The molecular weight excluding hydrogens is 757 g/mol. The molecule has 0 radical (unpaired) electrons. The van der Waals surface area contributed by atoms with Crippen LogP contribution in [-0.4, -0.2) is 29.9 Å². The van der Waals surface area contributed by atoms with Gasteiger partial charge in [0, 0.05) is 29.1 Å². The largest absolute Gasteiger partial charge is 0.255 e. The number of pyridine rings is 3. The van der Waals surface area contributed by atoms with Crippen LogP contribution >= 0.6 is 0 Å². The van der Waals surface area contributed by atoms with Gasteiger partial charge in [-0.25, -0.2) is 19.9 Å². The van der Waals surface area contributed by atoms with Gasteiger partial charge < -0.3 is 0 Å². The summed E-state index contributed by atoms with van der Waals surface area (Å²) in [6.07, 6.45) is 3.60. The maximum atomic E-state index is 4.98. The third-order valence-electron chi connectivity index (χ3n) is 11.2. The van der Waals surface area contributed by atoms with Gasteiger partial charge in [0.15, 0.2) is 17.5 Å². The summed E-state index contributed by atoms with van der Waals surface area (Å²) in [6, 6.07) is 71.2. The van der Waals surface area contributed by atoms with Crippen molar-refractivity contribution in [3.8, 4) is 90.3 Å². The lowest BCUT2D eigenvalue weighted by molar-refractivity contribution is 1.07. The molecular formula is C56H36N6. The summed E-state index contributed by atoms with van der Waals surface area (Å²) in [4.78, 5) is 29.1. The van der Waals surface area contributed by atoms with Gasteiger partial charge in [-0.3, -0.25) is 9.97 Å². The summed E-state index contributed by atoms with van der Waals surface area (Å²) in [5.41, 5.74) is 12.8. The van der Waals surface area contributed by atoms with Gasteiger partial charge in [0.2, 0.25) is 0 Å². The van der Waals surface area contributed by atoms with Crippen molar-refractivity contribution in [1.29, 1.82) is 0 Å². The summed E-state index contributed by atoms with van der Waals surface area (Å²) in [6.45, 7) is 0. The second kappa shape index (κ2) is 15.9. The van der Waals surface area contributed by atoms with Crippen LogP contribution in [0.3, 0.4) is 0 Å². The minimum absolute atomic E-state index is 0.630. The fraction of sp³-hybridized carbons (Fsp3) is 0. The average molecular weight is 793 g/mol. The first-order valence-electron chi connectivity index (χ1n) is 20.6. The molecule has 11 aromatic rings. The van der Waals surface area contributed by atoms with E-state index in [2.05, 4.69) is 119 Å². The van der Waals surface area contributed by atoms with E-state index in [1.54, 1.807) is 12.4 Å². The molecule has 7 aromatic carbocycles. The number of benzene rings is 7. The van der Waals surface area contributed by atoms with Gasteiger partial charge in [-0.05, 0) is 91.3 Å². The molecule has 0 aliphatic rings. The van der Waals surface area contributed by atoms with Gasteiger partial charge in [0.1, 0.15) is 0 Å². The molecule has 0 amide bonds. The predicted molar refractivity (Wildman–Crippen MR) is 252 cm³/mol. The zero-order valence-corrected chi connectivity index (χ0v) is 33.5. The molecule has 0 aliphatic carbocycles. The summed E-state index contributed by atoms with van der Waals surface area (Å²) in [5, 5.41) is 4.75. The normalized spacial score (nSPS) is 11.2. The number of rotatable bonds is 8. The highest BCUT2D eigenvalue weighted by Gasteiger charge is 2.18. The lowest BCUT2D eigenvalue weighted by Gasteiger charge is -2.18. The van der Waals surface area contributed by atoms with Crippen molar-refractivity contribution in [3.63, 3.8) is 0 Å². The fourth-order valence-electron chi connectivity index (χ4n) is 8.29. The van der Waals surface area contributed by atoms with E-state index in [0.717, 1.165) is 61.7 Å². The van der Waals surface area contributed by atoms with Crippen LogP contribution in [0.2, 0.25) is 0 Å². The van der Waals surface area contributed by atoms with Crippen molar-refractivity contribution in [2.75, 3.05) is 0 Å². The molecule has 0 saturated carbocycles. The Labute approximate surface area is 359 Å². The van der Waals surface area contributed by atoms with Gasteiger partial charge >= 0.3 is 0 Å². The van der Waals surface area contributed by atoms with Crippen molar-refractivity contribution in [2.24, 2.45) is 0 Å². The smallest absolute Gasteiger partial charge is 0.164 e. The highest BCUT2D eigenvalue weighted by Crippen LogP contribution is 2.44. The highest BCUT2D eigenvalue weighted by molar-refractivity contribution is 6.21. The van der Waals surface area contributed by atoms with Crippen LogP contribution in [-0.2, 0) is 0 Å². The minimum Gasteiger partial charge on any atom is -0.255 e. The molecule has 4 heterocycles.